The zero-order valence-corrected chi connectivity index (χ0v) is 9.77. The summed E-state index contributed by atoms with van der Waals surface area (Å²) < 4.78 is 36.0. The molecule has 0 aliphatic rings. The van der Waals surface area contributed by atoms with Gasteiger partial charge in [0.05, 0.1) is 13.2 Å². The van der Waals surface area contributed by atoms with Gasteiger partial charge >= 0.3 is 0 Å². The third-order valence-corrected chi connectivity index (χ3v) is 6.57. The van der Waals surface area contributed by atoms with Crippen molar-refractivity contribution in [2.75, 3.05) is 30.4 Å². The predicted octanol–water partition coefficient (Wildman–Crippen LogP) is -1.56. The molecule has 0 radical (unpaired) electrons. The molecule has 8 heteroatoms. The van der Waals surface area contributed by atoms with E-state index in [1.165, 1.54) is 0 Å². The lowest BCUT2D eigenvalue weighted by Crippen LogP contribution is -2.53. The van der Waals surface area contributed by atoms with Crippen LogP contribution in [-0.2, 0) is 14.0 Å². The number of aliphatic hydroxyl groups is 1. The van der Waals surface area contributed by atoms with E-state index >= 15 is 0 Å². The van der Waals surface area contributed by atoms with E-state index in [9.17, 15) is 13.0 Å². The highest BCUT2D eigenvalue weighted by molar-refractivity contribution is 8.32. The van der Waals surface area contributed by atoms with Crippen molar-refractivity contribution < 1.29 is 27.4 Å². The summed E-state index contributed by atoms with van der Waals surface area (Å²) in [6.07, 6.45) is 0. The molecular formula is C6H17NO5S2. The Hall–Kier alpha value is 0.140. The van der Waals surface area contributed by atoms with Gasteiger partial charge in [-0.05, 0) is 5.75 Å². The molecule has 0 aromatic rings. The summed E-state index contributed by atoms with van der Waals surface area (Å²) in [5.41, 5.74) is 3.59. The molecule has 4 N–H and O–H groups in total. The molecule has 14 heavy (non-hydrogen) atoms. The second kappa shape index (κ2) is 5.89. The van der Waals surface area contributed by atoms with E-state index in [-0.39, 0.29) is 12.4 Å². The first-order chi connectivity index (χ1) is 6.39. The summed E-state index contributed by atoms with van der Waals surface area (Å²) in [5.74, 6) is 1.07. The second-order valence-corrected chi connectivity index (χ2v) is 7.40. The van der Waals surface area contributed by atoms with Crippen molar-refractivity contribution in [1.82, 2.24) is 0 Å². The largest absolute Gasteiger partial charge is 0.725 e. The molecule has 0 aliphatic carbocycles. The van der Waals surface area contributed by atoms with Crippen LogP contribution in [0, 0.1) is 0 Å². The average molecular weight is 247 g/mol. The molecule has 0 spiro atoms. The topological polar surface area (TPSA) is 114 Å². The molecule has 88 valence electrons. The zero-order valence-electron chi connectivity index (χ0n) is 8.14. The van der Waals surface area contributed by atoms with E-state index in [1.54, 1.807) is 6.92 Å². The summed E-state index contributed by atoms with van der Waals surface area (Å²) >= 11 is 0. The fourth-order valence-corrected chi connectivity index (χ4v) is 5.10. The summed E-state index contributed by atoms with van der Waals surface area (Å²) in [4.78, 5) is 0. The molecule has 0 bridgehead atoms. The molecule has 1 atom stereocenters. The maximum Gasteiger partial charge on any atom is 0.227 e. The van der Waals surface area contributed by atoms with Gasteiger partial charge in [0.2, 0.25) is 10.4 Å². The number of hydrogen-bond donors (Lipinski definition) is 2. The Bertz CT molecular complexity index is 247. The summed E-state index contributed by atoms with van der Waals surface area (Å²) in [6.45, 7) is 2.04. The maximum atomic E-state index is 10.5. The van der Waals surface area contributed by atoms with Gasteiger partial charge in [0.25, 0.3) is 0 Å². The van der Waals surface area contributed by atoms with Gasteiger partial charge < -0.3 is 15.4 Å². The van der Waals surface area contributed by atoms with Crippen LogP contribution >= 0.6 is 10.3 Å². The van der Waals surface area contributed by atoms with Gasteiger partial charge in [0, 0.05) is 11.5 Å². The molecule has 1 unspecified atom stereocenters. The Morgan fingerprint density at radius 2 is 2.00 bits per heavy atom. The molecule has 0 heterocycles. The van der Waals surface area contributed by atoms with Gasteiger partial charge in [-0.1, -0.05) is 6.92 Å². The lowest BCUT2D eigenvalue weighted by atomic mass is 10.8. The Morgan fingerprint density at radius 1 is 1.43 bits per heavy atom. The number of hydrogen-bond acceptors (Lipinski definition) is 5. The van der Waals surface area contributed by atoms with Gasteiger partial charge in [-0.25, -0.2) is 12.0 Å². The van der Waals surface area contributed by atoms with Crippen LogP contribution < -0.4 is 5.73 Å². The molecule has 0 aromatic heterocycles. The van der Waals surface area contributed by atoms with E-state index in [2.05, 4.69) is 9.36 Å². The Morgan fingerprint density at radius 3 is 2.29 bits per heavy atom. The SMILES string of the molecule is CCS(CC[NH3+])(CCO)OS(=O)(=O)[O-]. The first kappa shape index (κ1) is 14.1. The minimum atomic E-state index is -4.69. The molecule has 0 amide bonds. The third kappa shape index (κ3) is 5.13. The van der Waals surface area contributed by atoms with Crippen LogP contribution in [0.5, 0.6) is 0 Å². The molecule has 0 saturated heterocycles. The highest BCUT2D eigenvalue weighted by Crippen LogP contribution is 2.48. The minimum absolute atomic E-state index is 0.182. The summed E-state index contributed by atoms with van der Waals surface area (Å²) in [7, 11) is -6.70. The van der Waals surface area contributed by atoms with Crippen molar-refractivity contribution in [3.63, 3.8) is 0 Å². The van der Waals surface area contributed by atoms with Crippen LogP contribution in [0.1, 0.15) is 6.92 Å². The molecule has 0 fully saturated rings. The van der Waals surface area contributed by atoms with Gasteiger partial charge in [-0.3, -0.25) is 0 Å². The van der Waals surface area contributed by atoms with Crippen LogP contribution in [0.2, 0.25) is 0 Å². The minimum Gasteiger partial charge on any atom is -0.725 e. The highest BCUT2D eigenvalue weighted by atomic mass is 32.3. The lowest BCUT2D eigenvalue weighted by Gasteiger charge is -2.36. The normalized spacial score (nSPS) is 18.9. The molecule has 0 saturated carbocycles. The first-order valence-electron chi connectivity index (χ1n) is 4.22. The Labute approximate surface area is 85.9 Å². The van der Waals surface area contributed by atoms with Crippen LogP contribution in [-0.4, -0.2) is 48.5 Å². The van der Waals surface area contributed by atoms with E-state index < -0.39 is 20.7 Å². The highest BCUT2D eigenvalue weighted by Gasteiger charge is 2.25. The van der Waals surface area contributed by atoms with Gasteiger partial charge in [0.15, 0.2) is 0 Å². The van der Waals surface area contributed by atoms with Gasteiger partial charge in [-0.15, -0.1) is 10.3 Å². The van der Waals surface area contributed by atoms with Crippen molar-refractivity contribution in [2.45, 2.75) is 6.92 Å². The number of quaternary nitrogens is 1. The fraction of sp³-hybridized carbons (Fsp3) is 1.00. The maximum absolute atomic E-state index is 10.5. The Kier molecular flexibility index (Phi) is 5.94. The monoisotopic (exact) mass is 247 g/mol. The smallest absolute Gasteiger partial charge is 0.227 e. The zero-order chi connectivity index (χ0) is 11.2. The number of aliphatic hydroxyl groups excluding tert-OH is 1. The fourth-order valence-electron chi connectivity index (χ4n) is 1.11. The van der Waals surface area contributed by atoms with Crippen molar-refractivity contribution in [1.29, 1.82) is 0 Å². The molecule has 0 aliphatic heterocycles. The van der Waals surface area contributed by atoms with Crippen LogP contribution in [0.4, 0.5) is 0 Å². The van der Waals surface area contributed by atoms with Crippen molar-refractivity contribution in [2.24, 2.45) is 0 Å². The molecule has 6 nitrogen and oxygen atoms in total. The van der Waals surface area contributed by atoms with Crippen molar-refractivity contribution >= 4 is 20.7 Å². The third-order valence-electron chi connectivity index (χ3n) is 1.73. The standard InChI is InChI=1S/C6H17NO5S2/c1-2-13(5-3-7,6-4-8)12-14(9,10)11/h8H,2-7H2,1H3,(H,9,10,11). The van der Waals surface area contributed by atoms with Crippen molar-refractivity contribution in [3.8, 4) is 0 Å². The number of rotatable bonds is 7. The van der Waals surface area contributed by atoms with E-state index in [0.29, 0.717) is 18.1 Å². The molecular weight excluding hydrogens is 230 g/mol. The van der Waals surface area contributed by atoms with Crippen molar-refractivity contribution in [3.05, 3.63) is 0 Å². The van der Waals surface area contributed by atoms with Crippen LogP contribution in [0.3, 0.4) is 0 Å². The Balaban J connectivity index is 4.65. The second-order valence-electron chi connectivity index (χ2n) is 2.72. The molecule has 0 aromatic carbocycles. The van der Waals surface area contributed by atoms with Gasteiger partial charge in [0.1, 0.15) is 0 Å². The molecule has 0 rings (SSSR count). The summed E-state index contributed by atoms with van der Waals surface area (Å²) in [6, 6.07) is 0. The lowest BCUT2D eigenvalue weighted by molar-refractivity contribution is -0.360. The predicted molar refractivity (Wildman–Crippen MR) is 53.5 cm³/mol. The van der Waals surface area contributed by atoms with Crippen LogP contribution in [0.15, 0.2) is 0 Å². The average Bonchev–Trinajstić information content (AvgIpc) is 2.02. The van der Waals surface area contributed by atoms with Gasteiger partial charge in [-0.2, -0.15) is 0 Å². The van der Waals surface area contributed by atoms with E-state index in [4.69, 9.17) is 5.11 Å². The van der Waals surface area contributed by atoms with E-state index in [1.807, 2.05) is 0 Å². The first-order valence-corrected chi connectivity index (χ1v) is 7.62. The quantitative estimate of drug-likeness (QED) is 0.417. The van der Waals surface area contributed by atoms with Crippen LogP contribution in [0.25, 0.3) is 0 Å². The summed E-state index contributed by atoms with van der Waals surface area (Å²) in [5, 5.41) is 8.78. The van der Waals surface area contributed by atoms with E-state index in [0.717, 1.165) is 0 Å².